The van der Waals surface area contributed by atoms with Crippen molar-refractivity contribution < 1.29 is 4.74 Å². The van der Waals surface area contributed by atoms with Gasteiger partial charge in [0.05, 0.1) is 17.9 Å². The lowest BCUT2D eigenvalue weighted by Gasteiger charge is -2.22. The van der Waals surface area contributed by atoms with E-state index in [1.165, 1.54) is 16.7 Å². The zero-order valence-electron chi connectivity index (χ0n) is 13.3. The van der Waals surface area contributed by atoms with Crippen LogP contribution in [0, 0.1) is 20.8 Å². The van der Waals surface area contributed by atoms with Crippen LogP contribution in [0.4, 0.5) is 11.4 Å². The molecule has 0 spiro atoms. The Balaban J connectivity index is 1.99. The second-order valence-electron chi connectivity index (χ2n) is 5.48. The van der Waals surface area contributed by atoms with Crippen LogP contribution in [0.3, 0.4) is 0 Å². The molecule has 0 radical (unpaired) electrons. The Bertz CT molecular complexity index is 623. The van der Waals surface area contributed by atoms with Crippen LogP contribution in [0.2, 0.25) is 0 Å². The molecule has 0 aliphatic carbocycles. The van der Waals surface area contributed by atoms with Gasteiger partial charge in [-0.25, -0.2) is 0 Å². The third-order valence-corrected chi connectivity index (χ3v) is 3.89. The molecular formula is C18H24N2O. The molecule has 0 saturated carbocycles. The summed E-state index contributed by atoms with van der Waals surface area (Å²) in [6.07, 6.45) is 0. The number of benzene rings is 2. The van der Waals surface area contributed by atoms with Crippen molar-refractivity contribution in [3.63, 3.8) is 0 Å². The Morgan fingerprint density at radius 1 is 1.00 bits per heavy atom. The summed E-state index contributed by atoms with van der Waals surface area (Å²) in [5.41, 5.74) is 11.5. The summed E-state index contributed by atoms with van der Waals surface area (Å²) in [5, 5.41) is 0. The maximum atomic E-state index is 6.00. The number of rotatable bonds is 5. The summed E-state index contributed by atoms with van der Waals surface area (Å²) < 4.78 is 6.00. The molecule has 3 heteroatoms. The first kappa shape index (κ1) is 15.2. The second-order valence-corrected chi connectivity index (χ2v) is 5.48. The largest absolute Gasteiger partial charge is 0.491 e. The van der Waals surface area contributed by atoms with E-state index in [-0.39, 0.29) is 0 Å². The molecule has 21 heavy (non-hydrogen) atoms. The Hall–Kier alpha value is -2.16. The first-order valence-electron chi connectivity index (χ1n) is 7.26. The van der Waals surface area contributed by atoms with Gasteiger partial charge in [0.15, 0.2) is 0 Å². The molecule has 0 heterocycles. The molecule has 0 bridgehead atoms. The zero-order valence-corrected chi connectivity index (χ0v) is 13.3. The minimum Gasteiger partial charge on any atom is -0.491 e. The summed E-state index contributed by atoms with van der Waals surface area (Å²) in [7, 11) is 2.03. The smallest absolute Gasteiger partial charge is 0.125 e. The molecule has 0 unspecified atom stereocenters. The number of para-hydroxylation sites is 2. The average Bonchev–Trinajstić information content (AvgIpc) is 2.47. The van der Waals surface area contributed by atoms with Crippen molar-refractivity contribution >= 4 is 11.4 Å². The number of nitrogens with zero attached hydrogens (tertiary/aromatic N) is 1. The van der Waals surface area contributed by atoms with Crippen molar-refractivity contribution in [3.05, 3.63) is 53.1 Å². The summed E-state index contributed by atoms with van der Waals surface area (Å²) in [6.45, 7) is 7.73. The van der Waals surface area contributed by atoms with Gasteiger partial charge >= 0.3 is 0 Å². The van der Waals surface area contributed by atoms with Crippen LogP contribution in [0.15, 0.2) is 36.4 Å². The van der Waals surface area contributed by atoms with E-state index < -0.39 is 0 Å². The average molecular weight is 284 g/mol. The maximum absolute atomic E-state index is 6.00. The van der Waals surface area contributed by atoms with Gasteiger partial charge in [0, 0.05) is 7.05 Å². The summed E-state index contributed by atoms with van der Waals surface area (Å²) in [4.78, 5) is 2.12. The molecule has 0 atom stereocenters. The van der Waals surface area contributed by atoms with Gasteiger partial charge < -0.3 is 15.4 Å². The van der Waals surface area contributed by atoms with Crippen molar-refractivity contribution in [1.82, 2.24) is 0 Å². The molecule has 0 aliphatic rings. The van der Waals surface area contributed by atoms with Crippen LogP contribution in [-0.4, -0.2) is 20.2 Å². The quantitative estimate of drug-likeness (QED) is 0.851. The fourth-order valence-electron chi connectivity index (χ4n) is 2.39. The molecule has 2 aromatic carbocycles. The van der Waals surface area contributed by atoms with E-state index in [2.05, 4.69) is 37.8 Å². The van der Waals surface area contributed by atoms with Gasteiger partial charge in [0.1, 0.15) is 12.4 Å². The van der Waals surface area contributed by atoms with Crippen LogP contribution in [0.25, 0.3) is 0 Å². The summed E-state index contributed by atoms with van der Waals surface area (Å²) in [5.74, 6) is 1.00. The van der Waals surface area contributed by atoms with Gasteiger partial charge in [-0.15, -0.1) is 0 Å². The van der Waals surface area contributed by atoms with Gasteiger partial charge in [-0.1, -0.05) is 24.3 Å². The predicted octanol–water partition coefficient (Wildman–Crippen LogP) is 3.71. The van der Waals surface area contributed by atoms with Crippen molar-refractivity contribution in [2.24, 2.45) is 0 Å². The lowest BCUT2D eigenvalue weighted by molar-refractivity contribution is 0.321. The lowest BCUT2D eigenvalue weighted by Crippen LogP contribution is -2.24. The lowest BCUT2D eigenvalue weighted by atomic mass is 10.1. The van der Waals surface area contributed by atoms with E-state index in [0.29, 0.717) is 6.61 Å². The third kappa shape index (κ3) is 3.48. The molecule has 0 fully saturated rings. The minimum atomic E-state index is 0.635. The number of anilines is 2. The summed E-state index contributed by atoms with van der Waals surface area (Å²) in [6, 6.07) is 12.1. The molecular weight excluding hydrogens is 260 g/mol. The number of hydrogen-bond donors (Lipinski definition) is 1. The molecule has 0 aliphatic heterocycles. The fraction of sp³-hybridized carbons (Fsp3) is 0.333. The number of likely N-dealkylation sites (N-methyl/N-ethyl adjacent to an activating group) is 1. The SMILES string of the molecule is Cc1ccc(C)c(OCCN(C)c2ccccc2N)c1C. The normalized spacial score (nSPS) is 10.5. The van der Waals surface area contributed by atoms with E-state index in [4.69, 9.17) is 10.5 Å². The van der Waals surface area contributed by atoms with Gasteiger partial charge in [-0.2, -0.15) is 0 Å². The van der Waals surface area contributed by atoms with Gasteiger partial charge in [-0.3, -0.25) is 0 Å². The Morgan fingerprint density at radius 3 is 2.38 bits per heavy atom. The van der Waals surface area contributed by atoms with Gasteiger partial charge in [0.2, 0.25) is 0 Å². The molecule has 2 N–H and O–H groups in total. The fourth-order valence-corrected chi connectivity index (χ4v) is 2.39. The number of ether oxygens (including phenoxy) is 1. The highest BCUT2D eigenvalue weighted by Gasteiger charge is 2.08. The Morgan fingerprint density at radius 2 is 1.67 bits per heavy atom. The van der Waals surface area contributed by atoms with E-state index >= 15 is 0 Å². The van der Waals surface area contributed by atoms with Crippen LogP contribution < -0.4 is 15.4 Å². The van der Waals surface area contributed by atoms with Gasteiger partial charge in [-0.05, 0) is 49.6 Å². The van der Waals surface area contributed by atoms with E-state index in [1.54, 1.807) is 0 Å². The first-order valence-corrected chi connectivity index (χ1v) is 7.26. The van der Waals surface area contributed by atoms with Crippen LogP contribution >= 0.6 is 0 Å². The second kappa shape index (κ2) is 6.53. The molecule has 0 saturated heterocycles. The molecule has 0 amide bonds. The summed E-state index contributed by atoms with van der Waals surface area (Å²) >= 11 is 0. The highest BCUT2D eigenvalue weighted by molar-refractivity contribution is 5.66. The van der Waals surface area contributed by atoms with E-state index in [0.717, 1.165) is 23.7 Å². The van der Waals surface area contributed by atoms with Crippen LogP contribution in [0.5, 0.6) is 5.75 Å². The molecule has 112 valence electrons. The number of nitrogen functional groups attached to an aromatic ring is 1. The van der Waals surface area contributed by atoms with Crippen molar-refractivity contribution in [2.75, 3.05) is 30.8 Å². The topological polar surface area (TPSA) is 38.5 Å². The highest BCUT2D eigenvalue weighted by atomic mass is 16.5. The van der Waals surface area contributed by atoms with Crippen molar-refractivity contribution in [2.45, 2.75) is 20.8 Å². The van der Waals surface area contributed by atoms with Crippen molar-refractivity contribution in [1.29, 1.82) is 0 Å². The van der Waals surface area contributed by atoms with Crippen LogP contribution in [0.1, 0.15) is 16.7 Å². The number of nitrogens with two attached hydrogens (primary N) is 1. The van der Waals surface area contributed by atoms with Crippen LogP contribution in [-0.2, 0) is 0 Å². The highest BCUT2D eigenvalue weighted by Crippen LogP contribution is 2.26. The number of hydrogen-bond acceptors (Lipinski definition) is 3. The number of aryl methyl sites for hydroxylation is 2. The zero-order chi connectivity index (χ0) is 15.4. The van der Waals surface area contributed by atoms with E-state index in [9.17, 15) is 0 Å². The van der Waals surface area contributed by atoms with Crippen molar-refractivity contribution in [3.8, 4) is 5.75 Å². The molecule has 3 nitrogen and oxygen atoms in total. The Kier molecular flexibility index (Phi) is 4.73. The molecule has 2 aromatic rings. The van der Waals surface area contributed by atoms with E-state index in [1.807, 2.05) is 31.3 Å². The standard InChI is InChI=1S/C18H24N2O/c1-13-9-10-14(2)18(15(13)3)21-12-11-20(4)17-8-6-5-7-16(17)19/h5-10H,11-12,19H2,1-4H3. The third-order valence-electron chi connectivity index (χ3n) is 3.89. The maximum Gasteiger partial charge on any atom is 0.125 e. The predicted molar refractivity (Wildman–Crippen MR) is 90.3 cm³/mol. The van der Waals surface area contributed by atoms with Gasteiger partial charge in [0.25, 0.3) is 0 Å². The molecule has 0 aromatic heterocycles. The Labute approximate surface area is 127 Å². The first-order chi connectivity index (χ1) is 10.0. The minimum absolute atomic E-state index is 0.635. The molecule has 2 rings (SSSR count). The monoisotopic (exact) mass is 284 g/mol.